The summed E-state index contributed by atoms with van der Waals surface area (Å²) < 4.78 is 1.83. The molecular weight excluding hydrogens is 342 g/mol. The van der Waals surface area contributed by atoms with E-state index in [-0.39, 0.29) is 5.56 Å². The number of hydrogen-bond donors (Lipinski definition) is 1. The van der Waals surface area contributed by atoms with Crippen LogP contribution in [0.2, 0.25) is 0 Å². The van der Waals surface area contributed by atoms with Gasteiger partial charge < -0.3 is 5.32 Å². The second kappa shape index (κ2) is 6.24. The highest BCUT2D eigenvalue weighted by Crippen LogP contribution is 2.27. The molecule has 118 valence electrons. The molecule has 1 N–H and O–H groups in total. The van der Waals surface area contributed by atoms with Crippen molar-refractivity contribution < 1.29 is 0 Å². The molecule has 0 unspecified atom stereocenters. The highest BCUT2D eigenvalue weighted by atomic mass is 79.9. The highest BCUT2D eigenvalue weighted by Gasteiger charge is 2.13. The Morgan fingerprint density at radius 3 is 2.09 bits per heavy atom. The number of aryl methyl sites for hydroxylation is 1. The zero-order chi connectivity index (χ0) is 16.6. The van der Waals surface area contributed by atoms with E-state index in [0.717, 1.165) is 5.69 Å². The fourth-order valence-corrected chi connectivity index (χ4v) is 3.16. The highest BCUT2D eigenvalue weighted by molar-refractivity contribution is 9.10. The fraction of sp³-hybridized carbons (Fsp3) is 0.412. The third-order valence-electron chi connectivity index (χ3n) is 4.69. The zero-order valence-electron chi connectivity index (χ0n) is 14.0. The Kier molecular flexibility index (Phi) is 4.75. The maximum atomic E-state index is 11.9. The number of halogens is 1. The summed E-state index contributed by atoms with van der Waals surface area (Å²) in [6.45, 7) is 11.5. The minimum atomic E-state index is -0.144. The van der Waals surface area contributed by atoms with Crippen molar-refractivity contribution in [2.75, 3.05) is 5.32 Å². The van der Waals surface area contributed by atoms with E-state index in [9.17, 15) is 4.79 Å². The van der Waals surface area contributed by atoms with Crippen molar-refractivity contribution in [3.8, 4) is 0 Å². The molecule has 22 heavy (non-hydrogen) atoms. The molecule has 2 rings (SSSR count). The van der Waals surface area contributed by atoms with Crippen molar-refractivity contribution >= 4 is 21.6 Å². The van der Waals surface area contributed by atoms with E-state index in [0.29, 0.717) is 11.0 Å². The molecule has 5 heteroatoms. The summed E-state index contributed by atoms with van der Waals surface area (Å²) >= 11 is 3.35. The Morgan fingerprint density at radius 1 is 1.05 bits per heavy atom. The van der Waals surface area contributed by atoms with Gasteiger partial charge >= 0.3 is 0 Å². The Bertz CT molecular complexity index is 764. The molecule has 0 saturated carbocycles. The number of hydrogen-bond acceptors (Lipinski definition) is 3. The summed E-state index contributed by atoms with van der Waals surface area (Å²) in [5, 5.41) is 7.39. The van der Waals surface area contributed by atoms with Crippen LogP contribution < -0.4 is 10.9 Å². The molecule has 0 aliphatic rings. The Morgan fingerprint density at radius 2 is 1.55 bits per heavy atom. The van der Waals surface area contributed by atoms with Crippen LogP contribution in [-0.4, -0.2) is 9.78 Å². The van der Waals surface area contributed by atoms with Crippen molar-refractivity contribution in [2.24, 2.45) is 7.05 Å². The first-order valence-corrected chi connectivity index (χ1v) is 8.06. The minimum absolute atomic E-state index is 0.144. The van der Waals surface area contributed by atoms with E-state index in [4.69, 9.17) is 0 Å². The minimum Gasteiger partial charge on any atom is -0.379 e. The second-order valence-corrected chi connectivity index (χ2v) is 6.55. The molecule has 4 nitrogen and oxygen atoms in total. The van der Waals surface area contributed by atoms with Crippen molar-refractivity contribution in [1.82, 2.24) is 9.78 Å². The van der Waals surface area contributed by atoms with Gasteiger partial charge in [-0.25, -0.2) is 4.68 Å². The molecule has 1 heterocycles. The smallest absolute Gasteiger partial charge is 0.282 e. The molecule has 0 fully saturated rings. The van der Waals surface area contributed by atoms with Crippen LogP contribution in [-0.2, 0) is 13.6 Å². The molecule has 1 aromatic carbocycles. The first-order chi connectivity index (χ1) is 10.3. The molecule has 2 aromatic rings. The van der Waals surface area contributed by atoms with Crippen LogP contribution in [0.4, 0.5) is 5.69 Å². The van der Waals surface area contributed by atoms with Crippen molar-refractivity contribution in [1.29, 1.82) is 0 Å². The standard InChI is InChI=1S/C17H22BrN3O/c1-9-10(2)12(4)14(13(5)11(9)3)7-19-15-8-20-21(6)17(22)16(15)18/h8,19H,7H2,1-6H3. The van der Waals surface area contributed by atoms with Crippen molar-refractivity contribution in [3.05, 3.63) is 54.4 Å². The van der Waals surface area contributed by atoms with Crippen LogP contribution in [0, 0.1) is 34.6 Å². The Labute approximate surface area is 139 Å². The van der Waals surface area contributed by atoms with Crippen molar-refractivity contribution in [2.45, 2.75) is 41.2 Å². The van der Waals surface area contributed by atoms with Gasteiger partial charge in [0.1, 0.15) is 4.47 Å². The zero-order valence-corrected chi connectivity index (χ0v) is 15.6. The van der Waals surface area contributed by atoms with Gasteiger partial charge in [-0.05, 0) is 83.9 Å². The van der Waals surface area contributed by atoms with E-state index >= 15 is 0 Å². The normalized spacial score (nSPS) is 10.9. The van der Waals surface area contributed by atoms with Crippen LogP contribution in [0.5, 0.6) is 0 Å². The van der Waals surface area contributed by atoms with Crippen LogP contribution in [0.15, 0.2) is 15.5 Å². The molecule has 0 bridgehead atoms. The molecule has 0 aliphatic carbocycles. The molecule has 0 saturated heterocycles. The molecule has 0 spiro atoms. The van der Waals surface area contributed by atoms with Gasteiger partial charge in [0.2, 0.25) is 0 Å². The third kappa shape index (κ3) is 2.82. The number of rotatable bonds is 3. The van der Waals surface area contributed by atoms with Gasteiger partial charge in [0.05, 0.1) is 11.9 Å². The van der Waals surface area contributed by atoms with E-state index in [2.05, 4.69) is 61.0 Å². The van der Waals surface area contributed by atoms with Gasteiger partial charge in [0.25, 0.3) is 5.56 Å². The predicted octanol–water partition coefficient (Wildman–Crippen LogP) is 3.70. The number of nitrogens with one attached hydrogen (secondary N) is 1. The third-order valence-corrected chi connectivity index (χ3v) is 5.46. The lowest BCUT2D eigenvalue weighted by Gasteiger charge is -2.19. The summed E-state index contributed by atoms with van der Waals surface area (Å²) in [5.41, 5.74) is 8.50. The quantitative estimate of drug-likeness (QED) is 0.904. The SMILES string of the molecule is Cc1c(C)c(C)c(CNc2cnn(C)c(=O)c2Br)c(C)c1C. The topological polar surface area (TPSA) is 46.9 Å². The fourth-order valence-electron chi connectivity index (χ4n) is 2.66. The molecule has 0 radical (unpaired) electrons. The summed E-state index contributed by atoms with van der Waals surface area (Å²) in [7, 11) is 1.64. The second-order valence-electron chi connectivity index (χ2n) is 5.76. The lowest BCUT2D eigenvalue weighted by atomic mass is 9.89. The van der Waals surface area contributed by atoms with Crippen LogP contribution in [0.3, 0.4) is 0 Å². The molecule has 0 amide bonds. The summed E-state index contributed by atoms with van der Waals surface area (Å²) in [4.78, 5) is 11.9. The average molecular weight is 364 g/mol. The largest absolute Gasteiger partial charge is 0.379 e. The first-order valence-electron chi connectivity index (χ1n) is 7.27. The lowest BCUT2D eigenvalue weighted by Crippen LogP contribution is -2.21. The summed E-state index contributed by atoms with van der Waals surface area (Å²) in [5.74, 6) is 0. The number of benzene rings is 1. The number of aromatic nitrogens is 2. The number of anilines is 1. The van der Waals surface area contributed by atoms with Gasteiger partial charge in [0.15, 0.2) is 0 Å². The molecule has 1 aromatic heterocycles. The lowest BCUT2D eigenvalue weighted by molar-refractivity contribution is 0.703. The van der Waals surface area contributed by atoms with E-state index in [1.165, 1.54) is 38.1 Å². The average Bonchev–Trinajstić information content (AvgIpc) is 2.50. The molecule has 0 atom stereocenters. The maximum Gasteiger partial charge on any atom is 0.282 e. The maximum absolute atomic E-state index is 11.9. The van der Waals surface area contributed by atoms with Crippen LogP contribution in [0.25, 0.3) is 0 Å². The predicted molar refractivity (Wildman–Crippen MR) is 94.6 cm³/mol. The first kappa shape index (κ1) is 16.7. The Balaban J connectivity index is 2.38. The monoisotopic (exact) mass is 363 g/mol. The van der Waals surface area contributed by atoms with E-state index < -0.39 is 0 Å². The van der Waals surface area contributed by atoms with Crippen molar-refractivity contribution in [3.63, 3.8) is 0 Å². The van der Waals surface area contributed by atoms with E-state index in [1.807, 2.05) is 0 Å². The Hall–Kier alpha value is -1.62. The summed E-state index contributed by atoms with van der Waals surface area (Å²) in [6.07, 6.45) is 1.67. The summed E-state index contributed by atoms with van der Waals surface area (Å²) in [6, 6.07) is 0. The van der Waals surface area contributed by atoms with Crippen LogP contribution in [0.1, 0.15) is 33.4 Å². The molecular formula is C17H22BrN3O. The number of nitrogens with zero attached hydrogens (tertiary/aromatic N) is 2. The van der Waals surface area contributed by atoms with E-state index in [1.54, 1.807) is 13.2 Å². The van der Waals surface area contributed by atoms with Gasteiger partial charge in [-0.3, -0.25) is 4.79 Å². The molecule has 0 aliphatic heterocycles. The van der Waals surface area contributed by atoms with Gasteiger partial charge in [0, 0.05) is 13.6 Å². The van der Waals surface area contributed by atoms with Gasteiger partial charge in [-0.2, -0.15) is 5.10 Å². The van der Waals surface area contributed by atoms with Crippen LogP contribution >= 0.6 is 15.9 Å². The van der Waals surface area contributed by atoms with Gasteiger partial charge in [-0.15, -0.1) is 0 Å². The van der Waals surface area contributed by atoms with Gasteiger partial charge in [-0.1, -0.05) is 0 Å².